The largest absolute Gasteiger partial charge is 0.343 e. The molecule has 0 aliphatic carbocycles. The highest BCUT2D eigenvalue weighted by molar-refractivity contribution is 5.96. The van der Waals surface area contributed by atoms with Crippen LogP contribution in [-0.4, -0.2) is 60.4 Å². The Morgan fingerprint density at radius 3 is 2.35 bits per heavy atom. The Labute approximate surface area is 122 Å². The maximum absolute atomic E-state index is 12.6. The van der Waals surface area contributed by atoms with Crippen molar-refractivity contribution < 1.29 is 9.59 Å². The van der Waals surface area contributed by atoms with Crippen LogP contribution in [-0.2, 0) is 9.59 Å². The lowest BCUT2D eigenvalue weighted by atomic mass is 9.97. The van der Waals surface area contributed by atoms with Gasteiger partial charge in [0.2, 0.25) is 11.8 Å². The number of piperazine rings is 1. The first kappa shape index (κ1) is 17.0. The van der Waals surface area contributed by atoms with Crippen molar-refractivity contribution in [1.29, 1.82) is 0 Å². The summed E-state index contributed by atoms with van der Waals surface area (Å²) in [7, 11) is 4.03. The molecule has 1 aliphatic heterocycles. The van der Waals surface area contributed by atoms with Gasteiger partial charge in [-0.25, -0.2) is 0 Å². The first-order valence-corrected chi connectivity index (χ1v) is 7.51. The van der Waals surface area contributed by atoms with Crippen LogP contribution in [0.3, 0.4) is 0 Å². The molecule has 1 saturated heterocycles. The predicted octanol–water partition coefficient (Wildman–Crippen LogP) is 1.09. The monoisotopic (exact) mass is 283 g/mol. The van der Waals surface area contributed by atoms with Gasteiger partial charge in [0.05, 0.1) is 0 Å². The summed E-state index contributed by atoms with van der Waals surface area (Å²) in [5.74, 6) is 0.417. The summed E-state index contributed by atoms with van der Waals surface area (Å²) in [6.07, 6.45) is 1.58. The molecule has 1 heterocycles. The smallest absolute Gasteiger partial charge is 0.246 e. The van der Waals surface area contributed by atoms with E-state index in [1.54, 1.807) is 4.90 Å². The van der Waals surface area contributed by atoms with E-state index in [4.69, 9.17) is 0 Å². The molecule has 5 nitrogen and oxygen atoms in total. The number of carbonyl (C=O) groups excluding carboxylic acids is 2. The summed E-state index contributed by atoms with van der Waals surface area (Å²) >= 11 is 0. The van der Waals surface area contributed by atoms with Gasteiger partial charge in [-0.15, -0.1) is 0 Å². The second kappa shape index (κ2) is 7.07. The quantitative estimate of drug-likeness (QED) is 0.794. The zero-order valence-corrected chi connectivity index (χ0v) is 13.6. The summed E-state index contributed by atoms with van der Waals surface area (Å²) in [5, 5.41) is 2.86. The first-order valence-electron chi connectivity index (χ1n) is 7.51. The molecule has 0 bridgehead atoms. The maximum atomic E-state index is 12.6. The van der Waals surface area contributed by atoms with Crippen molar-refractivity contribution >= 4 is 11.8 Å². The highest BCUT2D eigenvalue weighted by atomic mass is 16.2. The molecule has 0 spiro atoms. The molecular formula is C15H29N3O2. The maximum Gasteiger partial charge on any atom is 0.246 e. The van der Waals surface area contributed by atoms with E-state index in [-0.39, 0.29) is 29.9 Å². The van der Waals surface area contributed by atoms with Crippen LogP contribution in [0.25, 0.3) is 0 Å². The Morgan fingerprint density at radius 2 is 1.85 bits per heavy atom. The second-order valence-corrected chi connectivity index (χ2v) is 6.55. The molecule has 2 amide bonds. The van der Waals surface area contributed by atoms with E-state index in [1.165, 1.54) is 0 Å². The van der Waals surface area contributed by atoms with Crippen molar-refractivity contribution in [3.63, 3.8) is 0 Å². The molecule has 116 valence electrons. The Bertz CT molecular complexity index is 355. The van der Waals surface area contributed by atoms with Crippen LogP contribution in [0.15, 0.2) is 0 Å². The lowest BCUT2D eigenvalue weighted by Gasteiger charge is -2.41. The van der Waals surface area contributed by atoms with Gasteiger partial charge in [-0.3, -0.25) is 9.59 Å². The van der Waals surface area contributed by atoms with E-state index in [0.29, 0.717) is 12.3 Å². The number of hydrogen-bond acceptors (Lipinski definition) is 3. The van der Waals surface area contributed by atoms with Crippen molar-refractivity contribution in [1.82, 2.24) is 15.1 Å². The number of nitrogens with one attached hydrogen (secondary N) is 1. The van der Waals surface area contributed by atoms with Gasteiger partial charge in [0, 0.05) is 6.04 Å². The third kappa shape index (κ3) is 4.20. The molecule has 3 atom stereocenters. The summed E-state index contributed by atoms with van der Waals surface area (Å²) in [6, 6.07) is -0.649. The number of rotatable bonds is 6. The molecule has 5 heteroatoms. The van der Waals surface area contributed by atoms with E-state index in [9.17, 15) is 9.59 Å². The van der Waals surface area contributed by atoms with E-state index < -0.39 is 0 Å². The van der Waals surface area contributed by atoms with Crippen LogP contribution in [0.4, 0.5) is 0 Å². The summed E-state index contributed by atoms with van der Waals surface area (Å²) in [6.45, 7) is 8.89. The SMILES string of the molecule is CC(C)CC1NC(=O)C(C)N(C(C)CCN(C)C)C1=O. The summed E-state index contributed by atoms with van der Waals surface area (Å²) < 4.78 is 0. The minimum absolute atomic E-state index is 0.0352. The van der Waals surface area contributed by atoms with Crippen LogP contribution in [0, 0.1) is 5.92 Å². The van der Waals surface area contributed by atoms with Crippen molar-refractivity contribution in [3.8, 4) is 0 Å². The fourth-order valence-corrected chi connectivity index (χ4v) is 2.67. The van der Waals surface area contributed by atoms with Gasteiger partial charge in [-0.2, -0.15) is 0 Å². The topological polar surface area (TPSA) is 52.7 Å². The number of carbonyl (C=O) groups is 2. The minimum atomic E-state index is -0.372. The van der Waals surface area contributed by atoms with Gasteiger partial charge >= 0.3 is 0 Å². The van der Waals surface area contributed by atoms with Gasteiger partial charge in [0.25, 0.3) is 0 Å². The van der Waals surface area contributed by atoms with Crippen LogP contribution in [0.2, 0.25) is 0 Å². The summed E-state index contributed by atoms with van der Waals surface area (Å²) in [4.78, 5) is 28.5. The highest BCUT2D eigenvalue weighted by Gasteiger charge is 2.40. The average molecular weight is 283 g/mol. The molecular weight excluding hydrogens is 254 g/mol. The molecule has 0 radical (unpaired) electrons. The minimum Gasteiger partial charge on any atom is -0.343 e. The molecule has 1 N–H and O–H groups in total. The first-order chi connectivity index (χ1) is 9.23. The number of amides is 2. The third-order valence-corrected chi connectivity index (χ3v) is 3.84. The average Bonchev–Trinajstić information content (AvgIpc) is 2.33. The van der Waals surface area contributed by atoms with E-state index in [2.05, 4.69) is 24.1 Å². The Morgan fingerprint density at radius 1 is 1.25 bits per heavy atom. The van der Waals surface area contributed by atoms with Crippen molar-refractivity contribution in [2.75, 3.05) is 20.6 Å². The molecule has 0 saturated carbocycles. The van der Waals surface area contributed by atoms with E-state index >= 15 is 0 Å². The third-order valence-electron chi connectivity index (χ3n) is 3.84. The van der Waals surface area contributed by atoms with Crippen LogP contribution >= 0.6 is 0 Å². The van der Waals surface area contributed by atoms with Gasteiger partial charge in [-0.1, -0.05) is 13.8 Å². The van der Waals surface area contributed by atoms with Gasteiger partial charge < -0.3 is 15.1 Å². The van der Waals surface area contributed by atoms with Gasteiger partial charge in [0.1, 0.15) is 12.1 Å². The Kier molecular flexibility index (Phi) is 5.99. The van der Waals surface area contributed by atoms with Crippen LogP contribution < -0.4 is 5.32 Å². The zero-order chi connectivity index (χ0) is 15.4. The fraction of sp³-hybridized carbons (Fsp3) is 0.867. The normalized spacial score (nSPS) is 25.3. The second-order valence-electron chi connectivity index (χ2n) is 6.55. The number of hydrogen-bond donors (Lipinski definition) is 1. The molecule has 0 aromatic rings. The Balaban J connectivity index is 2.79. The molecule has 1 aliphatic rings. The van der Waals surface area contributed by atoms with Crippen molar-refractivity contribution in [2.24, 2.45) is 5.92 Å². The number of nitrogens with zero attached hydrogens (tertiary/aromatic N) is 2. The van der Waals surface area contributed by atoms with E-state index in [0.717, 1.165) is 13.0 Å². The molecule has 0 aromatic heterocycles. The molecule has 1 fully saturated rings. The lowest BCUT2D eigenvalue weighted by Crippen LogP contribution is -2.64. The predicted molar refractivity (Wildman–Crippen MR) is 80.3 cm³/mol. The van der Waals surface area contributed by atoms with E-state index in [1.807, 2.05) is 27.9 Å². The van der Waals surface area contributed by atoms with Crippen LogP contribution in [0.1, 0.15) is 40.5 Å². The highest BCUT2D eigenvalue weighted by Crippen LogP contribution is 2.19. The Hall–Kier alpha value is -1.10. The van der Waals surface area contributed by atoms with Gasteiger partial charge in [0.15, 0.2) is 0 Å². The fourth-order valence-electron chi connectivity index (χ4n) is 2.67. The molecule has 20 heavy (non-hydrogen) atoms. The van der Waals surface area contributed by atoms with Crippen LogP contribution in [0.5, 0.6) is 0 Å². The molecule has 1 rings (SSSR count). The van der Waals surface area contributed by atoms with Crippen molar-refractivity contribution in [2.45, 2.75) is 58.7 Å². The molecule has 3 unspecified atom stereocenters. The summed E-state index contributed by atoms with van der Waals surface area (Å²) in [5.41, 5.74) is 0. The van der Waals surface area contributed by atoms with Gasteiger partial charge in [-0.05, 0) is 53.2 Å². The standard InChI is InChI=1S/C15H29N3O2/c1-10(2)9-13-15(20)18(12(4)14(19)16-13)11(3)7-8-17(5)6/h10-13H,7-9H2,1-6H3,(H,16,19). The zero-order valence-electron chi connectivity index (χ0n) is 13.6. The molecule has 0 aromatic carbocycles. The van der Waals surface area contributed by atoms with Crippen molar-refractivity contribution in [3.05, 3.63) is 0 Å². The lowest BCUT2D eigenvalue weighted by molar-refractivity contribution is -0.151.